The molecule has 0 fully saturated rings. The summed E-state index contributed by atoms with van der Waals surface area (Å²) < 4.78 is 5.19. The molecule has 1 aromatic heterocycles. The molecule has 0 spiro atoms. The van der Waals surface area contributed by atoms with Gasteiger partial charge >= 0.3 is 0 Å². The van der Waals surface area contributed by atoms with Gasteiger partial charge in [0.15, 0.2) is 5.82 Å². The molecule has 2 rings (SSSR count). The van der Waals surface area contributed by atoms with Crippen LogP contribution in [0.4, 0.5) is 0 Å². The fourth-order valence-electron chi connectivity index (χ4n) is 2.00. The molecule has 1 heterocycles. The maximum Gasteiger partial charge on any atom is 0.175 e. The Balaban J connectivity index is 2.01. The molecular weight excluding hydrogens is 244 g/mol. The van der Waals surface area contributed by atoms with Crippen LogP contribution < -0.4 is 4.74 Å². The van der Waals surface area contributed by atoms with Crippen molar-refractivity contribution >= 4 is 0 Å². The number of hydrogen-bond donors (Lipinski definition) is 1. The van der Waals surface area contributed by atoms with E-state index in [2.05, 4.69) is 15.4 Å². The predicted molar refractivity (Wildman–Crippen MR) is 69.8 cm³/mol. The summed E-state index contributed by atoms with van der Waals surface area (Å²) in [6.45, 7) is 0.0927. The maximum atomic E-state index is 9.47. The zero-order valence-electron chi connectivity index (χ0n) is 11.2. The van der Waals surface area contributed by atoms with Crippen molar-refractivity contribution in [3.05, 3.63) is 35.7 Å². The van der Waals surface area contributed by atoms with Crippen LogP contribution in [0, 0.1) is 5.92 Å². The van der Waals surface area contributed by atoms with Crippen LogP contribution in [0.25, 0.3) is 0 Å². The molecule has 0 saturated carbocycles. The summed E-state index contributed by atoms with van der Waals surface area (Å²) in [5.74, 6) is 1.56. The highest BCUT2D eigenvalue weighted by Gasteiger charge is 2.13. The highest BCUT2D eigenvalue weighted by molar-refractivity contribution is 5.28. The lowest BCUT2D eigenvalue weighted by molar-refractivity contribution is 0.223. The molecular formula is C13H18N4O2. The van der Waals surface area contributed by atoms with E-state index in [9.17, 15) is 5.11 Å². The number of nitrogens with zero attached hydrogens (tertiary/aromatic N) is 4. The minimum Gasteiger partial charge on any atom is -0.497 e. The van der Waals surface area contributed by atoms with E-state index in [0.29, 0.717) is 12.2 Å². The third-order valence-corrected chi connectivity index (χ3v) is 2.94. The van der Waals surface area contributed by atoms with Gasteiger partial charge < -0.3 is 9.84 Å². The van der Waals surface area contributed by atoms with E-state index in [1.807, 2.05) is 24.3 Å². The average Bonchev–Trinajstić information content (AvgIpc) is 2.83. The Hall–Kier alpha value is -1.95. The van der Waals surface area contributed by atoms with Gasteiger partial charge in [0, 0.05) is 13.0 Å². The smallest absolute Gasteiger partial charge is 0.175 e. The summed E-state index contributed by atoms with van der Waals surface area (Å²) in [5, 5.41) is 21.3. The Morgan fingerprint density at radius 3 is 2.84 bits per heavy atom. The van der Waals surface area contributed by atoms with Crippen molar-refractivity contribution in [2.75, 3.05) is 13.7 Å². The molecule has 1 unspecified atom stereocenters. The zero-order valence-corrected chi connectivity index (χ0v) is 11.2. The molecule has 1 aromatic carbocycles. The highest BCUT2D eigenvalue weighted by atomic mass is 16.5. The first kappa shape index (κ1) is 13.5. The number of methoxy groups -OCH3 is 1. The van der Waals surface area contributed by atoms with Gasteiger partial charge in [0.25, 0.3) is 0 Å². The van der Waals surface area contributed by atoms with Gasteiger partial charge in [0.05, 0.1) is 14.2 Å². The molecule has 0 bridgehead atoms. The Kier molecular flexibility index (Phi) is 4.46. The standard InChI is InChI=1S/C13H18N4O2/c1-17-15-13(14-16-17)8-11(9-18)6-10-4-3-5-12(7-10)19-2/h3-5,7,11,18H,6,8-9H2,1-2H3. The highest BCUT2D eigenvalue weighted by Crippen LogP contribution is 2.17. The average molecular weight is 262 g/mol. The number of benzene rings is 1. The van der Waals surface area contributed by atoms with Gasteiger partial charge in [-0.3, -0.25) is 0 Å². The normalized spacial score (nSPS) is 12.4. The lowest BCUT2D eigenvalue weighted by atomic mass is 9.96. The zero-order chi connectivity index (χ0) is 13.7. The van der Waals surface area contributed by atoms with Crippen molar-refractivity contribution in [3.63, 3.8) is 0 Å². The van der Waals surface area contributed by atoms with E-state index in [0.717, 1.165) is 17.7 Å². The van der Waals surface area contributed by atoms with Crippen molar-refractivity contribution in [3.8, 4) is 5.75 Å². The Morgan fingerprint density at radius 2 is 2.21 bits per heavy atom. The SMILES string of the molecule is COc1cccc(CC(CO)Cc2nnn(C)n2)c1. The van der Waals surface area contributed by atoms with E-state index in [-0.39, 0.29) is 12.5 Å². The number of aliphatic hydroxyl groups excluding tert-OH is 1. The minimum atomic E-state index is 0.0799. The molecule has 0 aliphatic rings. The molecule has 6 heteroatoms. The van der Waals surface area contributed by atoms with Gasteiger partial charge in [-0.25, -0.2) is 0 Å². The molecule has 1 N–H and O–H groups in total. The van der Waals surface area contributed by atoms with Crippen molar-refractivity contribution in [2.45, 2.75) is 12.8 Å². The van der Waals surface area contributed by atoms with Gasteiger partial charge in [-0.1, -0.05) is 12.1 Å². The van der Waals surface area contributed by atoms with Crippen LogP contribution >= 0.6 is 0 Å². The summed E-state index contributed by atoms with van der Waals surface area (Å²) in [6.07, 6.45) is 1.37. The summed E-state index contributed by atoms with van der Waals surface area (Å²) >= 11 is 0. The van der Waals surface area contributed by atoms with E-state index >= 15 is 0 Å². The van der Waals surface area contributed by atoms with Crippen molar-refractivity contribution in [1.29, 1.82) is 0 Å². The van der Waals surface area contributed by atoms with E-state index in [4.69, 9.17) is 4.74 Å². The number of aromatic nitrogens is 4. The second-order valence-corrected chi connectivity index (χ2v) is 4.50. The number of hydrogen-bond acceptors (Lipinski definition) is 5. The molecule has 0 amide bonds. The van der Waals surface area contributed by atoms with Gasteiger partial charge in [-0.2, -0.15) is 4.80 Å². The second kappa shape index (κ2) is 6.29. The van der Waals surface area contributed by atoms with Crippen LogP contribution in [0.15, 0.2) is 24.3 Å². The van der Waals surface area contributed by atoms with Crippen molar-refractivity contribution < 1.29 is 9.84 Å². The largest absolute Gasteiger partial charge is 0.497 e. The lowest BCUT2D eigenvalue weighted by Gasteiger charge is -2.12. The first-order valence-electron chi connectivity index (χ1n) is 6.18. The quantitative estimate of drug-likeness (QED) is 0.826. The van der Waals surface area contributed by atoms with Crippen LogP contribution in [0.2, 0.25) is 0 Å². The minimum absolute atomic E-state index is 0.0799. The van der Waals surface area contributed by atoms with E-state index in [1.165, 1.54) is 4.80 Å². The second-order valence-electron chi connectivity index (χ2n) is 4.50. The maximum absolute atomic E-state index is 9.47. The molecule has 102 valence electrons. The third-order valence-electron chi connectivity index (χ3n) is 2.94. The summed E-state index contributed by atoms with van der Waals surface area (Å²) in [7, 11) is 3.37. The van der Waals surface area contributed by atoms with E-state index < -0.39 is 0 Å². The van der Waals surface area contributed by atoms with Crippen LogP contribution in [0.3, 0.4) is 0 Å². The van der Waals surface area contributed by atoms with Crippen LogP contribution in [-0.2, 0) is 19.9 Å². The molecule has 2 aromatic rings. The van der Waals surface area contributed by atoms with Crippen molar-refractivity contribution in [1.82, 2.24) is 20.2 Å². The number of rotatable bonds is 6. The molecule has 0 aliphatic heterocycles. The summed E-state index contributed by atoms with van der Waals surface area (Å²) in [6, 6.07) is 7.85. The fraction of sp³-hybridized carbons (Fsp3) is 0.462. The summed E-state index contributed by atoms with van der Waals surface area (Å²) in [5.41, 5.74) is 1.13. The molecule has 6 nitrogen and oxygen atoms in total. The molecule has 0 saturated heterocycles. The Labute approximate surface area is 112 Å². The van der Waals surface area contributed by atoms with Gasteiger partial charge in [-0.15, -0.1) is 10.2 Å². The third kappa shape index (κ3) is 3.75. The number of tetrazole rings is 1. The van der Waals surface area contributed by atoms with E-state index in [1.54, 1.807) is 14.2 Å². The van der Waals surface area contributed by atoms with Crippen LogP contribution in [-0.4, -0.2) is 39.0 Å². The molecule has 0 radical (unpaired) electrons. The van der Waals surface area contributed by atoms with Crippen molar-refractivity contribution in [2.24, 2.45) is 13.0 Å². The summed E-state index contributed by atoms with van der Waals surface area (Å²) in [4.78, 5) is 1.43. The Morgan fingerprint density at radius 1 is 1.37 bits per heavy atom. The Bertz CT molecular complexity index is 527. The predicted octanol–water partition coefficient (Wildman–Crippen LogP) is 0.612. The number of aliphatic hydroxyl groups is 1. The number of ether oxygens (including phenoxy) is 1. The van der Waals surface area contributed by atoms with Gasteiger partial charge in [0.1, 0.15) is 5.75 Å². The molecule has 0 aliphatic carbocycles. The monoisotopic (exact) mass is 262 g/mol. The fourth-order valence-corrected chi connectivity index (χ4v) is 2.00. The first-order valence-corrected chi connectivity index (χ1v) is 6.18. The van der Waals surface area contributed by atoms with Crippen LogP contribution in [0.1, 0.15) is 11.4 Å². The lowest BCUT2D eigenvalue weighted by Crippen LogP contribution is -2.14. The van der Waals surface area contributed by atoms with Gasteiger partial charge in [0.2, 0.25) is 0 Å². The topological polar surface area (TPSA) is 73.1 Å². The van der Waals surface area contributed by atoms with Gasteiger partial charge in [-0.05, 0) is 35.2 Å². The number of aryl methyl sites for hydroxylation is 1. The molecule has 1 atom stereocenters. The van der Waals surface area contributed by atoms with Crippen LogP contribution in [0.5, 0.6) is 5.75 Å². The molecule has 19 heavy (non-hydrogen) atoms. The first-order chi connectivity index (χ1) is 9.21.